The van der Waals surface area contributed by atoms with Crippen LogP contribution in [-0.2, 0) is 14.8 Å². The summed E-state index contributed by atoms with van der Waals surface area (Å²) in [5.74, 6) is 0.835. The molecule has 0 aliphatic carbocycles. The van der Waals surface area contributed by atoms with Gasteiger partial charge in [-0.25, -0.2) is 12.7 Å². The lowest BCUT2D eigenvalue weighted by molar-refractivity contribution is -0.0634. The van der Waals surface area contributed by atoms with E-state index in [0.29, 0.717) is 38.0 Å². The molecule has 27 heavy (non-hydrogen) atoms. The molecule has 0 bridgehead atoms. The first-order valence-corrected chi connectivity index (χ1v) is 11.0. The van der Waals surface area contributed by atoms with E-state index >= 15 is 0 Å². The summed E-state index contributed by atoms with van der Waals surface area (Å²) < 4.78 is 36.8. The Kier molecular flexibility index (Phi) is 6.75. The van der Waals surface area contributed by atoms with Gasteiger partial charge in [0.2, 0.25) is 10.0 Å². The molecule has 2 aliphatic rings. The van der Waals surface area contributed by atoms with Crippen LogP contribution in [0.4, 0.5) is 0 Å². The summed E-state index contributed by atoms with van der Waals surface area (Å²) in [7, 11) is -0.389. The van der Waals surface area contributed by atoms with Crippen molar-refractivity contribution in [2.24, 2.45) is 5.92 Å². The summed E-state index contributed by atoms with van der Waals surface area (Å²) in [6, 6.07) is 6.86. The first-order valence-electron chi connectivity index (χ1n) is 9.55. The molecule has 3 atom stereocenters. The van der Waals surface area contributed by atoms with Crippen molar-refractivity contribution in [1.29, 1.82) is 0 Å². The molecule has 7 nitrogen and oxygen atoms in total. The van der Waals surface area contributed by atoms with E-state index < -0.39 is 10.0 Å². The molecule has 2 aliphatic heterocycles. The number of nitrogens with zero attached hydrogens (tertiary/aromatic N) is 2. The average molecular weight is 399 g/mol. The van der Waals surface area contributed by atoms with Gasteiger partial charge in [0.25, 0.3) is 0 Å². The lowest BCUT2D eigenvalue weighted by Gasteiger charge is -2.37. The van der Waals surface area contributed by atoms with Crippen LogP contribution < -0.4 is 4.74 Å². The minimum Gasteiger partial charge on any atom is -0.492 e. The first kappa shape index (κ1) is 20.5. The molecule has 8 heteroatoms. The van der Waals surface area contributed by atoms with E-state index in [2.05, 4.69) is 4.90 Å². The normalized spacial score (nSPS) is 27.2. The Labute approximate surface area is 161 Å². The zero-order valence-corrected chi connectivity index (χ0v) is 16.9. The van der Waals surface area contributed by atoms with Crippen molar-refractivity contribution in [3.63, 3.8) is 0 Å². The molecule has 3 unspecified atom stereocenters. The fourth-order valence-electron chi connectivity index (χ4n) is 3.93. The van der Waals surface area contributed by atoms with Crippen molar-refractivity contribution in [3.8, 4) is 5.75 Å². The van der Waals surface area contributed by atoms with Crippen LogP contribution in [0.2, 0.25) is 0 Å². The summed E-state index contributed by atoms with van der Waals surface area (Å²) in [5, 5.41) is 10.3. The molecule has 0 radical (unpaired) electrons. The standard InChI is InChI=1S/C19H30N2O5S/c1-20(2)27(23,24)16-7-5-15(6-8-16)26-13-11-21-10-3-4-18(21)17-14-25-12-9-19(17)22/h5-8,17-19,22H,3-4,9-14H2,1-2H3. The van der Waals surface area contributed by atoms with Crippen molar-refractivity contribution in [1.82, 2.24) is 9.21 Å². The highest BCUT2D eigenvalue weighted by atomic mass is 32.2. The van der Waals surface area contributed by atoms with Gasteiger partial charge in [0, 0.05) is 39.2 Å². The minimum atomic E-state index is -3.42. The molecule has 152 valence electrons. The smallest absolute Gasteiger partial charge is 0.242 e. The lowest BCUT2D eigenvalue weighted by Crippen LogP contribution is -2.47. The second kappa shape index (κ2) is 8.87. The fraction of sp³-hybridized carbons (Fsp3) is 0.684. The maximum atomic E-state index is 12.1. The van der Waals surface area contributed by atoms with E-state index in [-0.39, 0.29) is 16.9 Å². The first-order chi connectivity index (χ1) is 12.9. The van der Waals surface area contributed by atoms with Crippen LogP contribution in [0.3, 0.4) is 0 Å². The molecule has 2 saturated heterocycles. The highest BCUT2D eigenvalue weighted by Crippen LogP contribution is 2.29. The van der Waals surface area contributed by atoms with Crippen LogP contribution in [0.15, 0.2) is 29.2 Å². The van der Waals surface area contributed by atoms with Gasteiger partial charge < -0.3 is 14.6 Å². The molecule has 1 N–H and O–H groups in total. The third-order valence-electron chi connectivity index (χ3n) is 5.52. The van der Waals surface area contributed by atoms with E-state index in [4.69, 9.17) is 9.47 Å². The van der Waals surface area contributed by atoms with E-state index in [1.54, 1.807) is 24.3 Å². The Balaban J connectivity index is 1.52. The molecule has 3 rings (SSSR count). The van der Waals surface area contributed by atoms with Crippen LogP contribution in [0, 0.1) is 5.92 Å². The molecule has 0 amide bonds. The molecular weight excluding hydrogens is 368 g/mol. The number of ether oxygens (including phenoxy) is 2. The second-order valence-electron chi connectivity index (χ2n) is 7.45. The summed E-state index contributed by atoms with van der Waals surface area (Å²) in [6.45, 7) is 3.60. The molecule has 2 heterocycles. The number of likely N-dealkylation sites (tertiary alicyclic amines) is 1. The van der Waals surface area contributed by atoms with Gasteiger partial charge in [-0.3, -0.25) is 4.90 Å². The Morgan fingerprint density at radius 3 is 2.67 bits per heavy atom. The highest BCUT2D eigenvalue weighted by Gasteiger charge is 2.37. The van der Waals surface area contributed by atoms with Crippen molar-refractivity contribution in [3.05, 3.63) is 24.3 Å². The third-order valence-corrected chi connectivity index (χ3v) is 7.35. The topological polar surface area (TPSA) is 79.3 Å². The third kappa shape index (κ3) is 4.81. The zero-order chi connectivity index (χ0) is 19.4. The molecule has 0 saturated carbocycles. The Bertz CT molecular complexity index is 707. The summed E-state index contributed by atoms with van der Waals surface area (Å²) in [4.78, 5) is 2.64. The SMILES string of the molecule is CN(C)S(=O)(=O)c1ccc(OCCN2CCCC2C2COCCC2O)cc1. The van der Waals surface area contributed by atoms with Crippen LogP contribution in [0.1, 0.15) is 19.3 Å². The largest absolute Gasteiger partial charge is 0.492 e. The summed E-state index contributed by atoms with van der Waals surface area (Å²) in [6.07, 6.45) is 2.65. The number of sulfonamides is 1. The van der Waals surface area contributed by atoms with E-state index in [1.807, 2.05) is 0 Å². The van der Waals surface area contributed by atoms with Crippen molar-refractivity contribution < 1.29 is 23.0 Å². The minimum absolute atomic E-state index is 0.178. The van der Waals surface area contributed by atoms with Crippen LogP contribution in [0.25, 0.3) is 0 Å². The van der Waals surface area contributed by atoms with Crippen LogP contribution >= 0.6 is 0 Å². The lowest BCUT2D eigenvalue weighted by atomic mass is 9.89. The van der Waals surface area contributed by atoms with Gasteiger partial charge in [-0.15, -0.1) is 0 Å². The Morgan fingerprint density at radius 1 is 1.26 bits per heavy atom. The maximum Gasteiger partial charge on any atom is 0.242 e. The van der Waals surface area contributed by atoms with Crippen LogP contribution in [0.5, 0.6) is 5.75 Å². The number of hydrogen-bond acceptors (Lipinski definition) is 6. The van der Waals surface area contributed by atoms with Gasteiger partial charge in [-0.05, 0) is 50.1 Å². The van der Waals surface area contributed by atoms with Gasteiger partial charge in [-0.2, -0.15) is 0 Å². The molecule has 2 fully saturated rings. The second-order valence-corrected chi connectivity index (χ2v) is 9.60. The van der Waals surface area contributed by atoms with Gasteiger partial charge in [0.1, 0.15) is 12.4 Å². The number of rotatable bonds is 7. The van der Waals surface area contributed by atoms with E-state index in [1.165, 1.54) is 18.4 Å². The van der Waals surface area contributed by atoms with Crippen LogP contribution in [-0.4, -0.2) is 81.9 Å². The maximum absolute atomic E-state index is 12.1. The van der Waals surface area contributed by atoms with Gasteiger partial charge in [0.05, 0.1) is 17.6 Å². The number of aliphatic hydroxyl groups excluding tert-OH is 1. The summed E-state index contributed by atoms with van der Waals surface area (Å²) >= 11 is 0. The quantitative estimate of drug-likeness (QED) is 0.743. The fourth-order valence-corrected chi connectivity index (χ4v) is 4.83. The number of benzene rings is 1. The predicted molar refractivity (Wildman–Crippen MR) is 102 cm³/mol. The van der Waals surface area contributed by atoms with E-state index in [9.17, 15) is 13.5 Å². The average Bonchev–Trinajstić information content (AvgIpc) is 3.11. The van der Waals surface area contributed by atoms with E-state index in [0.717, 1.165) is 25.9 Å². The molecule has 1 aromatic rings. The molecule has 0 spiro atoms. The Morgan fingerprint density at radius 2 is 2.00 bits per heavy atom. The Hall–Kier alpha value is -1.19. The van der Waals surface area contributed by atoms with Gasteiger partial charge in [-0.1, -0.05) is 0 Å². The van der Waals surface area contributed by atoms with Crippen molar-refractivity contribution in [2.75, 3.05) is 47.0 Å². The van der Waals surface area contributed by atoms with Gasteiger partial charge in [0.15, 0.2) is 0 Å². The monoisotopic (exact) mass is 398 g/mol. The number of aliphatic hydroxyl groups is 1. The van der Waals surface area contributed by atoms with Gasteiger partial charge >= 0.3 is 0 Å². The zero-order valence-electron chi connectivity index (χ0n) is 16.1. The summed E-state index contributed by atoms with van der Waals surface area (Å²) in [5.41, 5.74) is 0. The molecule has 1 aromatic carbocycles. The molecular formula is C19H30N2O5S. The predicted octanol–water partition coefficient (Wildman–Crippen LogP) is 1.18. The van der Waals surface area contributed by atoms with Crippen molar-refractivity contribution >= 4 is 10.0 Å². The molecule has 0 aromatic heterocycles. The highest BCUT2D eigenvalue weighted by molar-refractivity contribution is 7.89. The number of hydrogen-bond donors (Lipinski definition) is 1. The van der Waals surface area contributed by atoms with Crippen molar-refractivity contribution in [2.45, 2.75) is 36.3 Å².